The lowest BCUT2D eigenvalue weighted by Gasteiger charge is -2.14. The number of rotatable bonds is 6. The highest BCUT2D eigenvalue weighted by molar-refractivity contribution is 6.17. The van der Waals surface area contributed by atoms with E-state index in [2.05, 4.69) is 5.32 Å². The topological polar surface area (TPSA) is 29.1 Å². The molecule has 0 heterocycles. The molecule has 1 aromatic carbocycles. The third kappa shape index (κ3) is 5.18. The van der Waals surface area contributed by atoms with E-state index in [1.54, 1.807) is 12.1 Å². The van der Waals surface area contributed by atoms with Gasteiger partial charge < -0.3 is 5.32 Å². The van der Waals surface area contributed by atoms with Crippen LogP contribution in [0.5, 0.6) is 0 Å². The van der Waals surface area contributed by atoms with Gasteiger partial charge in [-0.25, -0.2) is 4.39 Å². The SMILES string of the molecule is C[C@H](NC(=O)CCCCCl)c1cccc(F)c1. The predicted molar refractivity (Wildman–Crippen MR) is 67.5 cm³/mol. The zero-order valence-electron chi connectivity index (χ0n) is 9.88. The van der Waals surface area contributed by atoms with E-state index in [1.807, 2.05) is 6.92 Å². The van der Waals surface area contributed by atoms with Crippen LogP contribution in [-0.2, 0) is 4.79 Å². The van der Waals surface area contributed by atoms with Crippen LogP contribution < -0.4 is 5.32 Å². The lowest BCUT2D eigenvalue weighted by molar-refractivity contribution is -0.121. The molecule has 0 aliphatic heterocycles. The van der Waals surface area contributed by atoms with Gasteiger partial charge >= 0.3 is 0 Å². The number of carbonyl (C=O) groups is 1. The molecule has 0 unspecified atom stereocenters. The van der Waals surface area contributed by atoms with E-state index >= 15 is 0 Å². The second-order valence-electron chi connectivity index (χ2n) is 3.99. The largest absolute Gasteiger partial charge is 0.350 e. The van der Waals surface area contributed by atoms with Gasteiger partial charge in [-0.05, 0) is 37.5 Å². The molecule has 2 nitrogen and oxygen atoms in total. The molecule has 1 aromatic rings. The Morgan fingerprint density at radius 2 is 2.24 bits per heavy atom. The quantitative estimate of drug-likeness (QED) is 0.614. The Morgan fingerprint density at radius 1 is 1.47 bits per heavy atom. The van der Waals surface area contributed by atoms with Gasteiger partial charge in [0.15, 0.2) is 0 Å². The molecule has 0 aliphatic carbocycles. The van der Waals surface area contributed by atoms with Crippen molar-refractivity contribution in [3.63, 3.8) is 0 Å². The summed E-state index contributed by atoms with van der Waals surface area (Å²) in [7, 11) is 0. The van der Waals surface area contributed by atoms with Crippen LogP contribution in [0.2, 0.25) is 0 Å². The van der Waals surface area contributed by atoms with Gasteiger partial charge in [-0.2, -0.15) is 0 Å². The van der Waals surface area contributed by atoms with Crippen molar-refractivity contribution in [3.05, 3.63) is 35.6 Å². The Balaban J connectivity index is 2.43. The number of nitrogens with one attached hydrogen (secondary N) is 1. The first kappa shape index (κ1) is 14.0. The van der Waals surface area contributed by atoms with E-state index in [9.17, 15) is 9.18 Å². The first-order valence-electron chi connectivity index (χ1n) is 5.74. The molecule has 1 N–H and O–H groups in total. The van der Waals surface area contributed by atoms with Crippen LogP contribution in [0.4, 0.5) is 4.39 Å². The molecule has 4 heteroatoms. The van der Waals surface area contributed by atoms with Crippen LogP contribution in [0, 0.1) is 5.82 Å². The summed E-state index contributed by atoms with van der Waals surface area (Å²) in [5.74, 6) is 0.268. The Hall–Kier alpha value is -1.09. The summed E-state index contributed by atoms with van der Waals surface area (Å²) in [6.07, 6.45) is 2.08. The minimum Gasteiger partial charge on any atom is -0.350 e. The van der Waals surface area contributed by atoms with Crippen molar-refractivity contribution in [2.75, 3.05) is 5.88 Å². The highest BCUT2D eigenvalue weighted by Gasteiger charge is 2.09. The van der Waals surface area contributed by atoms with Crippen LogP contribution in [0.3, 0.4) is 0 Å². The molecular weight excluding hydrogens is 241 g/mol. The molecule has 0 radical (unpaired) electrons. The van der Waals surface area contributed by atoms with Gasteiger partial charge in [0.25, 0.3) is 0 Å². The number of halogens is 2. The Morgan fingerprint density at radius 3 is 2.88 bits per heavy atom. The average molecular weight is 258 g/mol. The molecule has 0 fully saturated rings. The number of benzene rings is 1. The van der Waals surface area contributed by atoms with Gasteiger partial charge in [0.2, 0.25) is 5.91 Å². The molecule has 0 aliphatic rings. The highest BCUT2D eigenvalue weighted by Crippen LogP contribution is 2.13. The monoisotopic (exact) mass is 257 g/mol. The fraction of sp³-hybridized carbons (Fsp3) is 0.462. The maximum Gasteiger partial charge on any atom is 0.220 e. The number of carbonyl (C=O) groups excluding carboxylic acids is 1. The fourth-order valence-corrected chi connectivity index (χ4v) is 1.74. The fourth-order valence-electron chi connectivity index (χ4n) is 1.55. The van der Waals surface area contributed by atoms with Gasteiger partial charge in [-0.1, -0.05) is 12.1 Å². The third-order valence-electron chi connectivity index (χ3n) is 2.51. The molecule has 0 saturated carbocycles. The van der Waals surface area contributed by atoms with E-state index < -0.39 is 0 Å². The van der Waals surface area contributed by atoms with Gasteiger partial charge in [-0.15, -0.1) is 11.6 Å². The number of alkyl halides is 1. The van der Waals surface area contributed by atoms with Crippen molar-refractivity contribution in [2.24, 2.45) is 0 Å². The van der Waals surface area contributed by atoms with Crippen LogP contribution in [0.1, 0.15) is 37.8 Å². The van der Waals surface area contributed by atoms with Crippen LogP contribution in [-0.4, -0.2) is 11.8 Å². The lowest BCUT2D eigenvalue weighted by Crippen LogP contribution is -2.26. The van der Waals surface area contributed by atoms with Crippen LogP contribution in [0.25, 0.3) is 0 Å². The summed E-state index contributed by atoms with van der Waals surface area (Å²) in [5, 5.41) is 2.83. The van der Waals surface area contributed by atoms with Crippen molar-refractivity contribution in [3.8, 4) is 0 Å². The standard InChI is InChI=1S/C13H17ClFNO/c1-10(11-5-4-6-12(15)9-11)16-13(17)7-2-3-8-14/h4-6,9-10H,2-3,7-8H2,1H3,(H,16,17)/t10-/m0/s1. The molecule has 1 rings (SSSR count). The maximum atomic E-state index is 13.0. The smallest absolute Gasteiger partial charge is 0.220 e. The Labute approximate surface area is 106 Å². The summed E-state index contributed by atoms with van der Waals surface area (Å²) in [6.45, 7) is 1.84. The molecule has 17 heavy (non-hydrogen) atoms. The maximum absolute atomic E-state index is 13.0. The van der Waals surface area contributed by atoms with E-state index in [4.69, 9.17) is 11.6 Å². The molecule has 0 bridgehead atoms. The summed E-state index contributed by atoms with van der Waals surface area (Å²) in [4.78, 5) is 11.5. The average Bonchev–Trinajstić information content (AvgIpc) is 2.29. The minimum absolute atomic E-state index is 0.0214. The van der Waals surface area contributed by atoms with E-state index in [-0.39, 0.29) is 17.8 Å². The van der Waals surface area contributed by atoms with Gasteiger partial charge in [-0.3, -0.25) is 4.79 Å². The van der Waals surface area contributed by atoms with Crippen molar-refractivity contribution < 1.29 is 9.18 Å². The van der Waals surface area contributed by atoms with Crippen molar-refractivity contribution in [1.29, 1.82) is 0 Å². The second kappa shape index (κ2) is 7.28. The molecule has 1 amide bonds. The van der Waals surface area contributed by atoms with Gasteiger partial charge in [0.1, 0.15) is 5.82 Å². The molecule has 94 valence electrons. The lowest BCUT2D eigenvalue weighted by atomic mass is 10.1. The zero-order chi connectivity index (χ0) is 12.7. The second-order valence-corrected chi connectivity index (χ2v) is 4.37. The van der Waals surface area contributed by atoms with Crippen molar-refractivity contribution in [2.45, 2.75) is 32.2 Å². The number of hydrogen-bond donors (Lipinski definition) is 1. The summed E-state index contributed by atoms with van der Waals surface area (Å²) in [5.41, 5.74) is 0.774. The predicted octanol–water partition coefficient (Wildman–Crippen LogP) is 3.41. The first-order valence-corrected chi connectivity index (χ1v) is 6.27. The minimum atomic E-state index is -0.286. The van der Waals surface area contributed by atoms with Crippen LogP contribution >= 0.6 is 11.6 Å². The van der Waals surface area contributed by atoms with E-state index in [0.717, 1.165) is 18.4 Å². The molecule has 0 saturated heterocycles. The highest BCUT2D eigenvalue weighted by atomic mass is 35.5. The Kier molecular flexibility index (Phi) is 5.98. The number of hydrogen-bond acceptors (Lipinski definition) is 1. The third-order valence-corrected chi connectivity index (χ3v) is 2.78. The summed E-state index contributed by atoms with van der Waals surface area (Å²) in [6, 6.07) is 6.09. The van der Waals surface area contributed by atoms with E-state index in [1.165, 1.54) is 12.1 Å². The molecule has 0 spiro atoms. The van der Waals surface area contributed by atoms with Gasteiger partial charge in [0, 0.05) is 12.3 Å². The zero-order valence-corrected chi connectivity index (χ0v) is 10.6. The molecular formula is C13H17ClFNO. The van der Waals surface area contributed by atoms with Crippen molar-refractivity contribution in [1.82, 2.24) is 5.32 Å². The normalized spacial score (nSPS) is 12.2. The molecule has 0 aromatic heterocycles. The van der Waals surface area contributed by atoms with Crippen molar-refractivity contribution >= 4 is 17.5 Å². The molecule has 1 atom stereocenters. The van der Waals surface area contributed by atoms with Gasteiger partial charge in [0.05, 0.1) is 6.04 Å². The van der Waals surface area contributed by atoms with E-state index in [0.29, 0.717) is 12.3 Å². The summed E-state index contributed by atoms with van der Waals surface area (Å²) >= 11 is 5.53. The number of amides is 1. The first-order chi connectivity index (χ1) is 8.13. The van der Waals surface area contributed by atoms with Crippen LogP contribution in [0.15, 0.2) is 24.3 Å². The summed E-state index contributed by atoms with van der Waals surface area (Å²) < 4.78 is 13.0. The Bertz CT molecular complexity index is 370. The number of unbranched alkanes of at least 4 members (excludes halogenated alkanes) is 1.